The van der Waals surface area contributed by atoms with Crippen LogP contribution in [0.5, 0.6) is 0 Å². The first kappa shape index (κ1) is 8.57. The quantitative estimate of drug-likeness (QED) is 0.533. The first-order chi connectivity index (χ1) is 5.43. The van der Waals surface area contributed by atoms with E-state index < -0.39 is 0 Å². The lowest BCUT2D eigenvalue weighted by molar-refractivity contribution is 0.211. The molecular weight excluding hydrogens is 138 g/mol. The van der Waals surface area contributed by atoms with Crippen LogP contribution in [0.1, 0.15) is 44.9 Å². The number of hydrogen-bond acceptors (Lipinski definition) is 2. The molecule has 0 bridgehead atoms. The van der Waals surface area contributed by atoms with Gasteiger partial charge in [-0.2, -0.15) is 0 Å². The summed E-state index contributed by atoms with van der Waals surface area (Å²) >= 11 is 0. The maximum atomic E-state index is 4.77. The molecule has 11 heavy (non-hydrogen) atoms. The fraction of sp³-hybridized carbons (Fsp3) is 0.889. The molecule has 0 aliphatic heterocycles. The lowest BCUT2D eigenvalue weighted by Crippen LogP contribution is -2.02. The summed E-state index contributed by atoms with van der Waals surface area (Å²) in [6.45, 7) is 0. The van der Waals surface area contributed by atoms with E-state index in [9.17, 15) is 0 Å². The van der Waals surface area contributed by atoms with E-state index in [4.69, 9.17) is 4.84 Å². The minimum Gasteiger partial charge on any atom is -0.399 e. The molecule has 0 N–H and O–H groups in total. The molecule has 0 amide bonds. The summed E-state index contributed by atoms with van der Waals surface area (Å²) in [7, 11) is 1.63. The zero-order valence-corrected chi connectivity index (χ0v) is 7.31. The summed E-state index contributed by atoms with van der Waals surface area (Å²) in [6.07, 6.45) is 9.01. The van der Waals surface area contributed by atoms with E-state index in [1.807, 2.05) is 0 Å². The second-order valence-electron chi connectivity index (χ2n) is 3.11. The highest BCUT2D eigenvalue weighted by Crippen LogP contribution is 2.14. The first-order valence-corrected chi connectivity index (χ1v) is 4.52. The van der Waals surface area contributed by atoms with Crippen LogP contribution in [0.15, 0.2) is 5.16 Å². The van der Waals surface area contributed by atoms with Gasteiger partial charge < -0.3 is 4.84 Å². The third-order valence-electron chi connectivity index (χ3n) is 2.15. The zero-order valence-electron chi connectivity index (χ0n) is 7.31. The Morgan fingerprint density at radius 3 is 2.09 bits per heavy atom. The van der Waals surface area contributed by atoms with Gasteiger partial charge in [0.1, 0.15) is 7.11 Å². The number of nitrogens with zero attached hydrogens (tertiary/aromatic N) is 1. The summed E-state index contributed by atoms with van der Waals surface area (Å²) in [5.74, 6) is 0. The van der Waals surface area contributed by atoms with Crippen molar-refractivity contribution >= 4 is 5.71 Å². The van der Waals surface area contributed by atoms with Crippen molar-refractivity contribution < 1.29 is 4.84 Å². The average Bonchev–Trinajstić information content (AvgIpc) is 1.94. The molecule has 0 aromatic rings. The molecule has 0 aromatic carbocycles. The van der Waals surface area contributed by atoms with Crippen molar-refractivity contribution in [2.75, 3.05) is 7.11 Å². The highest BCUT2D eigenvalue weighted by Gasteiger charge is 2.04. The van der Waals surface area contributed by atoms with Crippen molar-refractivity contribution in [2.24, 2.45) is 5.16 Å². The predicted molar refractivity (Wildman–Crippen MR) is 46.8 cm³/mol. The van der Waals surface area contributed by atoms with Crippen molar-refractivity contribution in [1.82, 2.24) is 0 Å². The summed E-state index contributed by atoms with van der Waals surface area (Å²) in [5, 5.41) is 4.00. The monoisotopic (exact) mass is 155 g/mol. The van der Waals surface area contributed by atoms with Crippen LogP contribution in [-0.4, -0.2) is 12.8 Å². The molecule has 2 nitrogen and oxygen atoms in total. The normalized spacial score (nSPS) is 20.3. The Hall–Kier alpha value is -0.530. The molecule has 0 aromatic heterocycles. The summed E-state index contributed by atoms with van der Waals surface area (Å²) in [6, 6.07) is 0. The standard InChI is InChI=1S/C9H17NO/c1-11-10-9-7-5-3-2-4-6-8-9/h2-8H2,1H3. The summed E-state index contributed by atoms with van der Waals surface area (Å²) in [5.41, 5.74) is 1.26. The van der Waals surface area contributed by atoms with E-state index in [0.717, 1.165) is 12.8 Å². The van der Waals surface area contributed by atoms with Gasteiger partial charge in [-0.15, -0.1) is 0 Å². The van der Waals surface area contributed by atoms with Crippen LogP contribution in [-0.2, 0) is 4.84 Å². The number of oxime groups is 1. The van der Waals surface area contributed by atoms with Gasteiger partial charge in [0.25, 0.3) is 0 Å². The Morgan fingerprint density at radius 1 is 1.00 bits per heavy atom. The van der Waals surface area contributed by atoms with Crippen molar-refractivity contribution in [3.63, 3.8) is 0 Å². The lowest BCUT2D eigenvalue weighted by atomic mass is 9.99. The smallest absolute Gasteiger partial charge is 0.106 e. The van der Waals surface area contributed by atoms with Crippen LogP contribution in [0, 0.1) is 0 Å². The van der Waals surface area contributed by atoms with Crippen LogP contribution < -0.4 is 0 Å². The van der Waals surface area contributed by atoms with Crippen LogP contribution in [0.3, 0.4) is 0 Å². The zero-order chi connectivity index (χ0) is 7.94. The SMILES string of the molecule is CON=C1CCCCCCC1. The van der Waals surface area contributed by atoms with E-state index in [1.165, 1.54) is 37.8 Å². The Morgan fingerprint density at radius 2 is 1.55 bits per heavy atom. The highest BCUT2D eigenvalue weighted by molar-refractivity contribution is 5.83. The van der Waals surface area contributed by atoms with E-state index in [2.05, 4.69) is 5.16 Å². The van der Waals surface area contributed by atoms with Gasteiger partial charge >= 0.3 is 0 Å². The van der Waals surface area contributed by atoms with Gasteiger partial charge in [0.2, 0.25) is 0 Å². The predicted octanol–water partition coefficient (Wildman–Crippen LogP) is 2.73. The van der Waals surface area contributed by atoms with Gasteiger partial charge in [0.15, 0.2) is 0 Å². The molecule has 64 valence electrons. The molecule has 1 rings (SSSR count). The van der Waals surface area contributed by atoms with Gasteiger partial charge in [-0.05, 0) is 25.7 Å². The third-order valence-corrected chi connectivity index (χ3v) is 2.15. The largest absolute Gasteiger partial charge is 0.399 e. The third kappa shape index (κ3) is 3.40. The molecule has 0 heterocycles. The van der Waals surface area contributed by atoms with Crippen molar-refractivity contribution in [1.29, 1.82) is 0 Å². The van der Waals surface area contributed by atoms with Gasteiger partial charge in [0, 0.05) is 0 Å². The Bertz CT molecular complexity index is 122. The van der Waals surface area contributed by atoms with E-state index >= 15 is 0 Å². The van der Waals surface area contributed by atoms with Crippen LogP contribution in [0.4, 0.5) is 0 Å². The second kappa shape index (κ2) is 5.16. The lowest BCUT2D eigenvalue weighted by Gasteiger charge is -2.09. The second-order valence-corrected chi connectivity index (χ2v) is 3.11. The Labute approximate surface area is 68.6 Å². The number of rotatable bonds is 1. The Kier molecular flexibility index (Phi) is 4.02. The van der Waals surface area contributed by atoms with Gasteiger partial charge in [-0.1, -0.05) is 24.4 Å². The molecule has 1 aliphatic rings. The fourth-order valence-corrected chi connectivity index (χ4v) is 1.53. The molecule has 1 saturated carbocycles. The maximum absolute atomic E-state index is 4.77. The van der Waals surface area contributed by atoms with Crippen LogP contribution in [0.25, 0.3) is 0 Å². The van der Waals surface area contributed by atoms with Gasteiger partial charge in [0.05, 0.1) is 5.71 Å². The van der Waals surface area contributed by atoms with Crippen molar-refractivity contribution in [2.45, 2.75) is 44.9 Å². The first-order valence-electron chi connectivity index (χ1n) is 4.52. The summed E-state index contributed by atoms with van der Waals surface area (Å²) in [4.78, 5) is 4.77. The molecule has 1 fully saturated rings. The molecule has 0 spiro atoms. The van der Waals surface area contributed by atoms with Crippen molar-refractivity contribution in [3.8, 4) is 0 Å². The van der Waals surface area contributed by atoms with Crippen LogP contribution >= 0.6 is 0 Å². The van der Waals surface area contributed by atoms with E-state index in [1.54, 1.807) is 7.11 Å². The molecule has 0 unspecified atom stereocenters. The fourth-order valence-electron chi connectivity index (χ4n) is 1.53. The average molecular weight is 155 g/mol. The van der Waals surface area contributed by atoms with Crippen LogP contribution in [0.2, 0.25) is 0 Å². The molecule has 0 saturated heterocycles. The minimum absolute atomic E-state index is 1.15. The van der Waals surface area contributed by atoms with Gasteiger partial charge in [-0.25, -0.2) is 0 Å². The van der Waals surface area contributed by atoms with Crippen molar-refractivity contribution in [3.05, 3.63) is 0 Å². The topological polar surface area (TPSA) is 21.6 Å². The maximum Gasteiger partial charge on any atom is 0.106 e. The summed E-state index contributed by atoms with van der Waals surface area (Å²) < 4.78 is 0. The van der Waals surface area contributed by atoms with E-state index in [-0.39, 0.29) is 0 Å². The molecule has 2 heteroatoms. The van der Waals surface area contributed by atoms with Gasteiger partial charge in [-0.3, -0.25) is 0 Å². The minimum atomic E-state index is 1.15. The molecule has 0 radical (unpaired) electrons. The Balaban J connectivity index is 2.31. The number of hydrogen-bond donors (Lipinski definition) is 0. The molecular formula is C9H17NO. The van der Waals surface area contributed by atoms with E-state index in [0.29, 0.717) is 0 Å². The highest BCUT2D eigenvalue weighted by atomic mass is 16.6. The molecule has 1 aliphatic carbocycles. The molecule has 0 atom stereocenters.